The molecule has 2 heterocycles. The fourth-order valence-electron chi connectivity index (χ4n) is 5.91. The van der Waals surface area contributed by atoms with E-state index in [2.05, 4.69) is 40.2 Å². The minimum Gasteiger partial charge on any atom is -0.300 e. The molecule has 2 fully saturated rings. The molecule has 0 amide bonds. The number of hydrogen-bond acceptors (Lipinski definition) is 3. The Hall–Kier alpha value is -1.65. The zero-order chi connectivity index (χ0) is 23.5. The Kier molecular flexibility index (Phi) is 7.75. The van der Waals surface area contributed by atoms with Gasteiger partial charge in [0.25, 0.3) is 0 Å². The molecule has 2 aliphatic heterocycles. The molecule has 0 saturated carbocycles. The van der Waals surface area contributed by atoms with Crippen LogP contribution in [0.25, 0.3) is 6.08 Å². The van der Waals surface area contributed by atoms with Gasteiger partial charge in [0.15, 0.2) is 5.78 Å². The van der Waals surface area contributed by atoms with Crippen LogP contribution in [0.5, 0.6) is 0 Å². The summed E-state index contributed by atoms with van der Waals surface area (Å²) >= 11 is 12.3. The maximum absolute atomic E-state index is 12.8. The molecule has 2 aromatic rings. The smallest absolute Gasteiger partial charge is 0.162 e. The Bertz CT molecular complexity index is 1060. The third kappa shape index (κ3) is 5.76. The van der Waals surface area contributed by atoms with Crippen molar-refractivity contribution in [2.24, 2.45) is 5.92 Å². The van der Waals surface area contributed by atoms with Crippen LogP contribution in [0.4, 0.5) is 0 Å². The van der Waals surface area contributed by atoms with Crippen LogP contribution in [0, 0.1) is 5.92 Å². The highest BCUT2D eigenvalue weighted by Crippen LogP contribution is 2.29. The first-order valence-corrected chi connectivity index (χ1v) is 13.5. The van der Waals surface area contributed by atoms with Crippen molar-refractivity contribution in [2.45, 2.75) is 57.5 Å². The maximum atomic E-state index is 12.8. The summed E-state index contributed by atoms with van der Waals surface area (Å²) in [4.78, 5) is 18.1. The monoisotopic (exact) mass is 496 g/mol. The molecule has 0 aromatic heterocycles. The van der Waals surface area contributed by atoms with Gasteiger partial charge < -0.3 is 4.90 Å². The van der Waals surface area contributed by atoms with Gasteiger partial charge in [0.05, 0.1) is 10.0 Å². The Morgan fingerprint density at radius 2 is 1.82 bits per heavy atom. The van der Waals surface area contributed by atoms with E-state index in [-0.39, 0.29) is 0 Å². The third-order valence-electron chi connectivity index (χ3n) is 7.90. The topological polar surface area (TPSA) is 23.6 Å². The number of allylic oxidation sites excluding steroid dienone is 1. The second-order valence-corrected chi connectivity index (χ2v) is 11.1. The lowest BCUT2D eigenvalue weighted by atomic mass is 9.89. The van der Waals surface area contributed by atoms with Crippen molar-refractivity contribution >= 4 is 35.1 Å². The normalized spacial score (nSPS) is 21.6. The van der Waals surface area contributed by atoms with E-state index < -0.39 is 0 Å². The van der Waals surface area contributed by atoms with Crippen molar-refractivity contribution in [2.75, 3.05) is 26.2 Å². The van der Waals surface area contributed by atoms with Crippen molar-refractivity contribution in [1.82, 2.24) is 9.80 Å². The number of Topliss-reactive ketones (excluding diaryl/α,β-unsaturated/α-hetero) is 1. The van der Waals surface area contributed by atoms with E-state index in [1.54, 1.807) is 0 Å². The molecule has 5 rings (SSSR count). The lowest BCUT2D eigenvalue weighted by molar-refractivity contribution is 0.0657. The number of carbonyl (C=O) groups excluding carboxylic acids is 1. The zero-order valence-electron chi connectivity index (χ0n) is 19.8. The molecule has 2 saturated heterocycles. The molecule has 0 radical (unpaired) electrons. The minimum atomic E-state index is 0.302. The number of hydrogen-bond donors (Lipinski definition) is 0. The van der Waals surface area contributed by atoms with E-state index in [0.717, 1.165) is 44.6 Å². The first kappa shape index (κ1) is 24.1. The fraction of sp³-hybridized carbons (Fsp3) is 0.483. The molecule has 1 aliphatic carbocycles. The van der Waals surface area contributed by atoms with Gasteiger partial charge in [-0.1, -0.05) is 53.6 Å². The van der Waals surface area contributed by atoms with Gasteiger partial charge in [0.2, 0.25) is 0 Å². The molecule has 0 bridgehead atoms. The van der Waals surface area contributed by atoms with E-state index in [4.69, 9.17) is 23.2 Å². The molecule has 180 valence electrons. The molecule has 34 heavy (non-hydrogen) atoms. The maximum Gasteiger partial charge on any atom is 0.162 e. The second-order valence-electron chi connectivity index (χ2n) is 10.2. The molecular weight excluding hydrogens is 463 g/mol. The number of fused-ring (bicyclic) bond motifs is 1. The first-order valence-electron chi connectivity index (χ1n) is 12.8. The molecule has 3 aliphatic rings. The average Bonchev–Trinajstić information content (AvgIpc) is 3.33. The second kappa shape index (κ2) is 11.0. The number of rotatable bonds is 7. The standard InChI is InChI=1S/C29H34Cl2N2O/c30-27-10-6-22(17-28(27)31)19-32-15-12-26(13-16-32)33-14-2-3-21(20-33)7-11-29(34)25-9-8-23-4-1-5-24(23)18-25/h1,5-6,8-10,17-18,21,26H,2-4,7,11-16,19-20H2. The number of piperidine rings is 2. The van der Waals surface area contributed by atoms with Gasteiger partial charge in [-0.15, -0.1) is 0 Å². The highest BCUT2D eigenvalue weighted by atomic mass is 35.5. The van der Waals surface area contributed by atoms with Gasteiger partial charge >= 0.3 is 0 Å². The first-order chi connectivity index (χ1) is 16.5. The number of likely N-dealkylation sites (tertiary alicyclic amines) is 2. The van der Waals surface area contributed by atoms with E-state index in [1.165, 1.54) is 48.9 Å². The Morgan fingerprint density at radius 3 is 2.65 bits per heavy atom. The predicted octanol–water partition coefficient (Wildman–Crippen LogP) is 6.90. The summed E-state index contributed by atoms with van der Waals surface area (Å²) < 4.78 is 0. The molecule has 1 atom stereocenters. The van der Waals surface area contributed by atoms with Crippen molar-refractivity contribution in [3.8, 4) is 0 Å². The van der Waals surface area contributed by atoms with Gasteiger partial charge in [-0.05, 0) is 99.0 Å². The summed E-state index contributed by atoms with van der Waals surface area (Å²) in [5, 5.41) is 1.26. The molecule has 0 spiro atoms. The lowest BCUT2D eigenvalue weighted by Crippen LogP contribution is -2.48. The molecular formula is C29H34Cl2N2O. The number of benzene rings is 2. The Morgan fingerprint density at radius 1 is 0.971 bits per heavy atom. The average molecular weight is 498 g/mol. The van der Waals surface area contributed by atoms with Crippen LogP contribution in [0.15, 0.2) is 42.5 Å². The van der Waals surface area contributed by atoms with E-state index in [9.17, 15) is 4.79 Å². The summed E-state index contributed by atoms with van der Waals surface area (Å²) in [5.41, 5.74) is 4.67. The summed E-state index contributed by atoms with van der Waals surface area (Å²) in [6.45, 7) is 5.54. The summed E-state index contributed by atoms with van der Waals surface area (Å²) in [7, 11) is 0. The van der Waals surface area contributed by atoms with Crippen LogP contribution in [-0.2, 0) is 13.0 Å². The van der Waals surface area contributed by atoms with Crippen LogP contribution in [0.1, 0.15) is 65.6 Å². The number of halogens is 2. The quantitative estimate of drug-likeness (QED) is 0.389. The largest absolute Gasteiger partial charge is 0.300 e. The predicted molar refractivity (Wildman–Crippen MR) is 142 cm³/mol. The van der Waals surface area contributed by atoms with Crippen molar-refractivity contribution in [1.29, 1.82) is 0 Å². The molecule has 1 unspecified atom stereocenters. The number of nitrogens with zero attached hydrogens (tertiary/aromatic N) is 2. The number of carbonyl (C=O) groups is 1. The highest BCUT2D eigenvalue weighted by molar-refractivity contribution is 6.42. The molecule has 3 nitrogen and oxygen atoms in total. The van der Waals surface area contributed by atoms with Crippen LogP contribution < -0.4 is 0 Å². The van der Waals surface area contributed by atoms with Crippen LogP contribution in [0.3, 0.4) is 0 Å². The third-order valence-corrected chi connectivity index (χ3v) is 8.64. The zero-order valence-corrected chi connectivity index (χ0v) is 21.3. The minimum absolute atomic E-state index is 0.302. The van der Waals surface area contributed by atoms with E-state index >= 15 is 0 Å². The van der Waals surface area contributed by atoms with Crippen molar-refractivity contribution in [3.63, 3.8) is 0 Å². The summed E-state index contributed by atoms with van der Waals surface area (Å²) in [6, 6.07) is 12.9. The molecule has 2 aromatic carbocycles. The van der Waals surface area contributed by atoms with Gasteiger partial charge in [-0.2, -0.15) is 0 Å². The van der Waals surface area contributed by atoms with Gasteiger partial charge in [0, 0.05) is 31.1 Å². The van der Waals surface area contributed by atoms with Crippen LogP contribution >= 0.6 is 23.2 Å². The van der Waals surface area contributed by atoms with Gasteiger partial charge in [0.1, 0.15) is 0 Å². The summed E-state index contributed by atoms with van der Waals surface area (Å²) in [5.74, 6) is 0.942. The van der Waals surface area contributed by atoms with Crippen molar-refractivity contribution in [3.05, 3.63) is 74.8 Å². The van der Waals surface area contributed by atoms with E-state index in [0.29, 0.717) is 34.2 Å². The summed E-state index contributed by atoms with van der Waals surface area (Å²) in [6.07, 6.45) is 11.9. The van der Waals surface area contributed by atoms with Crippen LogP contribution in [-0.4, -0.2) is 47.8 Å². The van der Waals surface area contributed by atoms with Crippen molar-refractivity contribution < 1.29 is 4.79 Å². The Labute approximate surface area is 213 Å². The fourth-order valence-corrected chi connectivity index (χ4v) is 6.23. The lowest BCUT2D eigenvalue weighted by Gasteiger charge is -2.42. The Balaban J connectivity index is 1.08. The molecule has 0 N–H and O–H groups in total. The SMILES string of the molecule is O=C(CCC1CCCN(C2CCN(Cc3ccc(Cl)c(Cl)c3)CC2)C1)c1ccc2c(c1)C=CC2. The highest BCUT2D eigenvalue weighted by Gasteiger charge is 2.29. The molecule has 5 heteroatoms. The van der Waals surface area contributed by atoms with Gasteiger partial charge in [-0.25, -0.2) is 0 Å². The van der Waals surface area contributed by atoms with Crippen LogP contribution in [0.2, 0.25) is 10.0 Å². The number of ketones is 1. The van der Waals surface area contributed by atoms with E-state index in [1.807, 2.05) is 18.2 Å². The van der Waals surface area contributed by atoms with Gasteiger partial charge in [-0.3, -0.25) is 9.69 Å².